The lowest BCUT2D eigenvalue weighted by atomic mass is 9.84. The number of aromatic nitrogens is 8. The second-order valence-electron chi connectivity index (χ2n) is 8.61. The van der Waals surface area contributed by atoms with Crippen LogP contribution in [0.2, 0.25) is 0 Å². The van der Waals surface area contributed by atoms with Crippen LogP contribution in [0, 0.1) is 0 Å². The van der Waals surface area contributed by atoms with Crippen LogP contribution >= 0.6 is 0 Å². The molecule has 34 heavy (non-hydrogen) atoms. The van der Waals surface area contributed by atoms with Gasteiger partial charge in [-0.05, 0) is 47.0 Å². The Kier molecular flexibility index (Phi) is 5.42. The maximum absolute atomic E-state index is 6.07. The number of nitrogens with one attached hydrogen (secondary N) is 1. The van der Waals surface area contributed by atoms with E-state index in [1.807, 2.05) is 41.2 Å². The number of ether oxygens (including phenoxy) is 1. The minimum atomic E-state index is 0.412. The van der Waals surface area contributed by atoms with Crippen LogP contribution in [0.25, 0.3) is 28.2 Å². The lowest BCUT2D eigenvalue weighted by molar-refractivity contribution is 0.306. The first-order valence-electron chi connectivity index (χ1n) is 11.6. The molecule has 170 valence electrons. The third kappa shape index (κ3) is 3.89. The first-order chi connectivity index (χ1) is 16.9. The van der Waals surface area contributed by atoms with Crippen molar-refractivity contribution in [3.05, 3.63) is 72.4 Å². The lowest BCUT2D eigenvalue weighted by Crippen LogP contribution is -2.12. The number of pyridine rings is 1. The predicted molar refractivity (Wildman–Crippen MR) is 126 cm³/mol. The normalized spacial score (nSPS) is 14.5. The van der Waals surface area contributed by atoms with Crippen LogP contribution in [0.15, 0.2) is 61.2 Å². The third-order valence-electron chi connectivity index (χ3n) is 6.43. The molecule has 1 fully saturated rings. The fourth-order valence-electron chi connectivity index (χ4n) is 4.78. The summed E-state index contributed by atoms with van der Waals surface area (Å²) in [7, 11) is 0. The minimum Gasteiger partial charge on any atom is -0.489 e. The van der Waals surface area contributed by atoms with Crippen molar-refractivity contribution in [2.45, 2.75) is 44.6 Å². The Morgan fingerprint density at radius 3 is 2.76 bits per heavy atom. The highest BCUT2D eigenvalue weighted by Gasteiger charge is 2.25. The zero-order chi connectivity index (χ0) is 22.7. The molecular weight excluding hydrogens is 428 g/mol. The monoisotopic (exact) mass is 452 g/mol. The third-order valence-corrected chi connectivity index (χ3v) is 6.43. The fourth-order valence-corrected chi connectivity index (χ4v) is 4.78. The van der Waals surface area contributed by atoms with Gasteiger partial charge in [0.1, 0.15) is 12.4 Å². The molecule has 1 N–H and O–H groups in total. The van der Waals surface area contributed by atoms with Gasteiger partial charge in [0.2, 0.25) is 0 Å². The number of aromatic amines is 1. The summed E-state index contributed by atoms with van der Waals surface area (Å²) in [6.07, 6.45) is 13.3. The molecule has 0 spiro atoms. The van der Waals surface area contributed by atoms with E-state index in [1.54, 1.807) is 12.4 Å². The number of hydrogen-bond donors (Lipinski definition) is 1. The lowest BCUT2D eigenvalue weighted by Gasteiger charge is -2.25. The van der Waals surface area contributed by atoms with E-state index in [-0.39, 0.29) is 0 Å². The Bertz CT molecular complexity index is 1390. The molecule has 9 nitrogen and oxygen atoms in total. The molecule has 1 aliphatic carbocycles. The molecule has 0 unspecified atom stereocenters. The molecule has 0 atom stereocenters. The molecule has 1 aromatic carbocycles. The molecule has 4 heterocycles. The summed E-state index contributed by atoms with van der Waals surface area (Å²) >= 11 is 0. The summed E-state index contributed by atoms with van der Waals surface area (Å²) in [6.45, 7) is 0.470. The minimum absolute atomic E-state index is 0.412. The molecule has 6 rings (SSSR count). The SMILES string of the molecule is c1cncc(COc2cccc(-c3cnc4c(-c5nnn[nH]5)cnn4c3C3CCCCC3)c2)c1. The first-order valence-corrected chi connectivity index (χ1v) is 11.6. The molecule has 0 radical (unpaired) electrons. The van der Waals surface area contributed by atoms with E-state index in [1.165, 1.54) is 25.0 Å². The van der Waals surface area contributed by atoms with Crippen LogP contribution in [0.5, 0.6) is 5.75 Å². The zero-order valence-corrected chi connectivity index (χ0v) is 18.6. The van der Waals surface area contributed by atoms with Gasteiger partial charge in [0, 0.05) is 35.6 Å². The molecule has 5 aromatic rings. The summed E-state index contributed by atoms with van der Waals surface area (Å²) in [5.41, 5.74) is 5.92. The second kappa shape index (κ2) is 9.01. The quantitative estimate of drug-likeness (QED) is 0.401. The topological polar surface area (TPSA) is 107 Å². The highest BCUT2D eigenvalue weighted by atomic mass is 16.5. The van der Waals surface area contributed by atoms with E-state index in [9.17, 15) is 0 Å². The van der Waals surface area contributed by atoms with Crippen LogP contribution in [-0.4, -0.2) is 40.2 Å². The summed E-state index contributed by atoms with van der Waals surface area (Å²) in [6, 6.07) is 12.1. The number of benzene rings is 1. The van der Waals surface area contributed by atoms with Gasteiger partial charge in [0.05, 0.1) is 17.5 Å². The summed E-state index contributed by atoms with van der Waals surface area (Å²) in [5.74, 6) is 1.79. The Morgan fingerprint density at radius 2 is 1.94 bits per heavy atom. The average molecular weight is 453 g/mol. The average Bonchev–Trinajstić information content (AvgIpc) is 3.58. The Balaban J connectivity index is 1.41. The van der Waals surface area contributed by atoms with Gasteiger partial charge < -0.3 is 4.74 Å². The smallest absolute Gasteiger partial charge is 0.184 e. The molecular formula is C25H24N8O. The van der Waals surface area contributed by atoms with Gasteiger partial charge in [-0.2, -0.15) is 5.10 Å². The molecule has 4 aromatic heterocycles. The van der Waals surface area contributed by atoms with E-state index in [4.69, 9.17) is 14.8 Å². The van der Waals surface area contributed by atoms with Crippen LogP contribution in [-0.2, 0) is 6.61 Å². The van der Waals surface area contributed by atoms with Gasteiger partial charge in [0.15, 0.2) is 11.5 Å². The van der Waals surface area contributed by atoms with Crippen molar-refractivity contribution in [1.29, 1.82) is 0 Å². The van der Waals surface area contributed by atoms with Crippen molar-refractivity contribution >= 4 is 5.65 Å². The van der Waals surface area contributed by atoms with Crippen LogP contribution in [0.1, 0.15) is 49.3 Å². The standard InChI is InChI=1S/C25H24N8O/c1-2-7-18(8-3-1)23-21(14-27-25-22(15-28-33(23)25)24-29-31-32-30-24)19-9-4-10-20(12-19)34-16-17-6-5-11-26-13-17/h4-6,9-15,18H,1-3,7-8,16H2,(H,29,30,31,32). The van der Waals surface area contributed by atoms with E-state index in [2.05, 4.69) is 37.7 Å². The highest BCUT2D eigenvalue weighted by Crippen LogP contribution is 2.39. The largest absolute Gasteiger partial charge is 0.489 e. The number of nitrogens with zero attached hydrogens (tertiary/aromatic N) is 7. The van der Waals surface area contributed by atoms with Gasteiger partial charge in [-0.3, -0.25) is 4.98 Å². The second-order valence-corrected chi connectivity index (χ2v) is 8.61. The van der Waals surface area contributed by atoms with Gasteiger partial charge >= 0.3 is 0 Å². The van der Waals surface area contributed by atoms with Gasteiger partial charge in [-0.25, -0.2) is 14.6 Å². The summed E-state index contributed by atoms with van der Waals surface area (Å²) in [5, 5.41) is 19.0. The van der Waals surface area contributed by atoms with Crippen molar-refractivity contribution in [3.63, 3.8) is 0 Å². The van der Waals surface area contributed by atoms with E-state index in [0.29, 0.717) is 18.3 Å². The van der Waals surface area contributed by atoms with E-state index < -0.39 is 0 Å². The van der Waals surface area contributed by atoms with Gasteiger partial charge in [-0.1, -0.05) is 37.5 Å². The molecule has 0 bridgehead atoms. The number of rotatable bonds is 6. The fraction of sp³-hybridized carbons (Fsp3) is 0.280. The van der Waals surface area contributed by atoms with E-state index in [0.717, 1.165) is 46.5 Å². The Labute approximate surface area is 196 Å². The van der Waals surface area contributed by atoms with Crippen molar-refractivity contribution in [2.75, 3.05) is 0 Å². The van der Waals surface area contributed by atoms with E-state index >= 15 is 0 Å². The number of fused-ring (bicyclic) bond motifs is 1. The van der Waals surface area contributed by atoms with Crippen molar-refractivity contribution in [1.82, 2.24) is 40.2 Å². The first kappa shape index (κ1) is 20.5. The summed E-state index contributed by atoms with van der Waals surface area (Å²) < 4.78 is 8.05. The maximum atomic E-state index is 6.07. The molecule has 1 aliphatic rings. The molecule has 0 amide bonds. The maximum Gasteiger partial charge on any atom is 0.184 e. The van der Waals surface area contributed by atoms with Crippen LogP contribution in [0.3, 0.4) is 0 Å². The molecule has 0 saturated heterocycles. The number of hydrogen-bond acceptors (Lipinski definition) is 7. The Hall–Kier alpha value is -4.14. The Morgan fingerprint density at radius 1 is 1.00 bits per heavy atom. The number of H-pyrrole nitrogens is 1. The van der Waals surface area contributed by atoms with Gasteiger partial charge in [0.25, 0.3) is 0 Å². The van der Waals surface area contributed by atoms with Crippen LogP contribution in [0.4, 0.5) is 0 Å². The number of tetrazole rings is 1. The predicted octanol–water partition coefficient (Wildman–Crippen LogP) is 4.60. The zero-order valence-electron chi connectivity index (χ0n) is 18.6. The summed E-state index contributed by atoms with van der Waals surface area (Å²) in [4.78, 5) is 8.95. The van der Waals surface area contributed by atoms with Crippen LogP contribution < -0.4 is 4.74 Å². The molecule has 1 saturated carbocycles. The van der Waals surface area contributed by atoms with Crippen molar-refractivity contribution < 1.29 is 4.74 Å². The van der Waals surface area contributed by atoms with Crippen molar-refractivity contribution in [3.8, 4) is 28.3 Å². The van der Waals surface area contributed by atoms with Gasteiger partial charge in [-0.15, -0.1) is 5.10 Å². The molecule has 0 aliphatic heterocycles. The highest BCUT2D eigenvalue weighted by molar-refractivity contribution is 5.75. The van der Waals surface area contributed by atoms with Crippen molar-refractivity contribution in [2.24, 2.45) is 0 Å². The molecule has 9 heteroatoms.